The van der Waals surface area contributed by atoms with Crippen LogP contribution in [0, 0.1) is 10.1 Å². The number of nitro benzene ring substituents is 1. The average molecular weight is 333 g/mol. The number of nitrogens with zero attached hydrogens (tertiary/aromatic N) is 3. The van der Waals surface area contributed by atoms with Crippen LogP contribution in [0.2, 0.25) is 0 Å². The molecule has 2 aliphatic heterocycles. The van der Waals surface area contributed by atoms with Crippen LogP contribution in [0.1, 0.15) is 32.6 Å². The molecule has 7 nitrogen and oxygen atoms in total. The lowest BCUT2D eigenvalue weighted by Crippen LogP contribution is -2.48. The van der Waals surface area contributed by atoms with Gasteiger partial charge in [0.15, 0.2) is 5.75 Å². The van der Waals surface area contributed by atoms with Gasteiger partial charge in [0, 0.05) is 32.1 Å². The zero-order valence-electron chi connectivity index (χ0n) is 13.9. The van der Waals surface area contributed by atoms with Crippen molar-refractivity contribution in [3.05, 3.63) is 28.3 Å². The minimum absolute atomic E-state index is 0.0211. The summed E-state index contributed by atoms with van der Waals surface area (Å²) in [6.07, 6.45) is 3.41. The number of benzene rings is 1. The monoisotopic (exact) mass is 333 g/mol. The fraction of sp³-hybridized carbons (Fsp3) is 0.588. The third-order valence-electron chi connectivity index (χ3n) is 4.75. The van der Waals surface area contributed by atoms with Gasteiger partial charge in [0.25, 0.3) is 0 Å². The molecular weight excluding hydrogens is 310 g/mol. The zero-order valence-corrected chi connectivity index (χ0v) is 13.9. The molecule has 0 N–H and O–H groups in total. The summed E-state index contributed by atoms with van der Waals surface area (Å²) < 4.78 is 5.44. The van der Waals surface area contributed by atoms with Crippen molar-refractivity contribution in [1.82, 2.24) is 4.90 Å². The van der Waals surface area contributed by atoms with Crippen molar-refractivity contribution in [2.75, 3.05) is 31.1 Å². The normalized spacial score (nSPS) is 21.2. The summed E-state index contributed by atoms with van der Waals surface area (Å²) in [7, 11) is 0. The van der Waals surface area contributed by atoms with E-state index in [9.17, 15) is 14.9 Å². The number of ether oxygens (including phenoxy) is 1. The van der Waals surface area contributed by atoms with Gasteiger partial charge in [0.2, 0.25) is 5.91 Å². The summed E-state index contributed by atoms with van der Waals surface area (Å²) in [5.74, 6) is 0.513. The number of hydrogen-bond acceptors (Lipinski definition) is 5. The highest BCUT2D eigenvalue weighted by Crippen LogP contribution is 2.38. The van der Waals surface area contributed by atoms with Gasteiger partial charge in [-0.3, -0.25) is 14.9 Å². The summed E-state index contributed by atoms with van der Waals surface area (Å²) in [6, 6.07) is 5.34. The van der Waals surface area contributed by atoms with Crippen LogP contribution in [-0.2, 0) is 4.79 Å². The molecule has 7 heteroatoms. The Morgan fingerprint density at radius 2 is 2.17 bits per heavy atom. The molecule has 1 atom stereocenters. The standard InChI is InChI=1S/C17H23N3O4/c1-2-24-15-8-3-7-14(17(15)20(22)23)18-10-4-6-13(12-18)19-11-5-9-16(19)21/h3,7-8,13H,2,4-6,9-12H2,1H3. The largest absolute Gasteiger partial charge is 0.487 e. The lowest BCUT2D eigenvalue weighted by Gasteiger charge is -2.38. The first kappa shape index (κ1) is 16.5. The molecule has 0 spiro atoms. The molecule has 0 bridgehead atoms. The van der Waals surface area contributed by atoms with Crippen molar-refractivity contribution < 1.29 is 14.5 Å². The third kappa shape index (κ3) is 3.16. The number of nitro groups is 1. The first-order valence-corrected chi connectivity index (χ1v) is 8.56. The van der Waals surface area contributed by atoms with Gasteiger partial charge < -0.3 is 14.5 Å². The highest BCUT2D eigenvalue weighted by atomic mass is 16.6. The quantitative estimate of drug-likeness (QED) is 0.611. The number of carbonyl (C=O) groups is 1. The second-order valence-electron chi connectivity index (χ2n) is 6.25. The minimum atomic E-state index is -0.370. The topological polar surface area (TPSA) is 75.9 Å². The molecule has 2 saturated heterocycles. The Kier molecular flexibility index (Phi) is 4.87. The summed E-state index contributed by atoms with van der Waals surface area (Å²) in [6.45, 7) is 4.40. The SMILES string of the molecule is CCOc1cccc(N2CCCC(N3CCCC3=O)C2)c1[N+](=O)[O-]. The molecule has 0 aliphatic carbocycles. The van der Waals surface area contributed by atoms with Crippen molar-refractivity contribution in [1.29, 1.82) is 0 Å². The van der Waals surface area contributed by atoms with Crippen LogP contribution in [-0.4, -0.2) is 48.0 Å². The maximum absolute atomic E-state index is 12.0. The van der Waals surface area contributed by atoms with Gasteiger partial charge in [-0.15, -0.1) is 0 Å². The van der Waals surface area contributed by atoms with E-state index in [1.807, 2.05) is 16.7 Å². The number of likely N-dealkylation sites (tertiary alicyclic amines) is 1. The predicted octanol–water partition coefficient (Wildman–Crippen LogP) is 2.58. The predicted molar refractivity (Wildman–Crippen MR) is 90.4 cm³/mol. The van der Waals surface area contributed by atoms with Gasteiger partial charge in [0.05, 0.1) is 11.5 Å². The molecule has 1 aromatic carbocycles. The number of amides is 1. The van der Waals surface area contributed by atoms with Gasteiger partial charge in [-0.05, 0) is 38.3 Å². The Labute approximate surface area is 141 Å². The van der Waals surface area contributed by atoms with Crippen LogP contribution in [0.3, 0.4) is 0 Å². The molecule has 1 aromatic rings. The van der Waals surface area contributed by atoms with E-state index in [1.165, 1.54) is 0 Å². The highest BCUT2D eigenvalue weighted by Gasteiger charge is 2.34. The van der Waals surface area contributed by atoms with E-state index < -0.39 is 0 Å². The molecule has 2 aliphatic rings. The van der Waals surface area contributed by atoms with Crippen molar-refractivity contribution >= 4 is 17.3 Å². The molecule has 130 valence electrons. The fourth-order valence-electron chi connectivity index (χ4n) is 3.70. The van der Waals surface area contributed by atoms with Gasteiger partial charge in [0.1, 0.15) is 5.69 Å². The highest BCUT2D eigenvalue weighted by molar-refractivity contribution is 5.78. The van der Waals surface area contributed by atoms with Crippen LogP contribution in [0.4, 0.5) is 11.4 Å². The first-order valence-electron chi connectivity index (χ1n) is 8.56. The van der Waals surface area contributed by atoms with Gasteiger partial charge in [-0.25, -0.2) is 0 Å². The molecule has 0 radical (unpaired) electrons. The molecule has 0 saturated carbocycles. The van der Waals surface area contributed by atoms with E-state index in [2.05, 4.69) is 0 Å². The Morgan fingerprint density at radius 3 is 2.83 bits per heavy atom. The Bertz CT molecular complexity index is 634. The Hall–Kier alpha value is -2.31. The lowest BCUT2D eigenvalue weighted by atomic mass is 10.0. The number of carbonyl (C=O) groups excluding carboxylic acids is 1. The van der Waals surface area contributed by atoms with Crippen LogP contribution in [0.5, 0.6) is 5.75 Å². The maximum atomic E-state index is 12.0. The number of rotatable bonds is 5. The third-order valence-corrected chi connectivity index (χ3v) is 4.75. The lowest BCUT2D eigenvalue weighted by molar-refractivity contribution is -0.385. The summed E-state index contributed by atoms with van der Waals surface area (Å²) in [5, 5.41) is 11.6. The van der Waals surface area contributed by atoms with E-state index in [0.717, 1.165) is 32.4 Å². The molecule has 1 unspecified atom stereocenters. The maximum Gasteiger partial charge on any atom is 0.333 e. The van der Waals surface area contributed by atoms with Crippen molar-refractivity contribution in [3.63, 3.8) is 0 Å². The van der Waals surface area contributed by atoms with E-state index in [1.54, 1.807) is 18.2 Å². The van der Waals surface area contributed by atoms with Crippen LogP contribution in [0.15, 0.2) is 18.2 Å². The molecule has 0 aromatic heterocycles. The zero-order chi connectivity index (χ0) is 17.1. The first-order chi connectivity index (χ1) is 11.6. The second kappa shape index (κ2) is 7.07. The van der Waals surface area contributed by atoms with Crippen LogP contribution >= 0.6 is 0 Å². The van der Waals surface area contributed by atoms with Crippen molar-refractivity contribution in [2.24, 2.45) is 0 Å². The van der Waals surface area contributed by atoms with Crippen molar-refractivity contribution in [2.45, 2.75) is 38.6 Å². The minimum Gasteiger partial charge on any atom is -0.487 e. The van der Waals surface area contributed by atoms with Crippen molar-refractivity contribution in [3.8, 4) is 5.75 Å². The molecule has 24 heavy (non-hydrogen) atoms. The summed E-state index contributed by atoms with van der Waals surface area (Å²) in [4.78, 5) is 27.2. The number of para-hydroxylation sites is 1. The smallest absolute Gasteiger partial charge is 0.333 e. The van der Waals surface area contributed by atoms with E-state index in [4.69, 9.17) is 4.74 Å². The average Bonchev–Trinajstić information content (AvgIpc) is 3.01. The number of hydrogen-bond donors (Lipinski definition) is 0. The van der Waals surface area contributed by atoms with Gasteiger partial charge in [-0.1, -0.05) is 6.07 Å². The number of piperidine rings is 1. The summed E-state index contributed by atoms with van der Waals surface area (Å²) in [5.41, 5.74) is 0.607. The number of anilines is 1. The Morgan fingerprint density at radius 1 is 1.33 bits per heavy atom. The molecule has 1 amide bonds. The van der Waals surface area contributed by atoms with E-state index in [-0.39, 0.29) is 22.6 Å². The second-order valence-corrected chi connectivity index (χ2v) is 6.25. The molecule has 3 rings (SSSR count). The molecular formula is C17H23N3O4. The Balaban J connectivity index is 1.86. The molecule has 2 fully saturated rings. The van der Waals surface area contributed by atoms with Crippen LogP contribution in [0.25, 0.3) is 0 Å². The van der Waals surface area contributed by atoms with Gasteiger partial charge >= 0.3 is 5.69 Å². The van der Waals surface area contributed by atoms with Crippen LogP contribution < -0.4 is 9.64 Å². The van der Waals surface area contributed by atoms with E-state index in [0.29, 0.717) is 31.0 Å². The fourth-order valence-corrected chi connectivity index (χ4v) is 3.70. The van der Waals surface area contributed by atoms with Gasteiger partial charge in [-0.2, -0.15) is 0 Å². The van der Waals surface area contributed by atoms with E-state index >= 15 is 0 Å². The molecule has 2 heterocycles. The summed E-state index contributed by atoms with van der Waals surface area (Å²) >= 11 is 0.